The van der Waals surface area contributed by atoms with Gasteiger partial charge < -0.3 is 5.11 Å². The van der Waals surface area contributed by atoms with Crippen molar-refractivity contribution < 1.29 is 9.90 Å². The van der Waals surface area contributed by atoms with E-state index in [9.17, 15) is 4.79 Å². The number of aromatic carboxylic acids is 1. The standard InChI is InChI=1S/C13H12O2/c1-8-6-10(13(14)15)7-9(2)12-5-3-4-11(8)12/h3-7H,1-2H3,(H,14,15). The fraction of sp³-hybridized carbons (Fsp3) is 0.154. The zero-order valence-corrected chi connectivity index (χ0v) is 8.74. The van der Waals surface area contributed by atoms with E-state index in [1.165, 1.54) is 0 Å². The third kappa shape index (κ3) is 1.59. The van der Waals surface area contributed by atoms with Crippen LogP contribution >= 0.6 is 0 Å². The second-order valence-corrected chi connectivity index (χ2v) is 3.77. The molecule has 0 aromatic heterocycles. The number of carboxylic acids is 1. The Morgan fingerprint density at radius 3 is 1.93 bits per heavy atom. The monoisotopic (exact) mass is 200 g/mol. The van der Waals surface area contributed by atoms with E-state index in [1.54, 1.807) is 12.1 Å². The summed E-state index contributed by atoms with van der Waals surface area (Å²) in [5, 5.41) is 8.99. The van der Waals surface area contributed by atoms with Gasteiger partial charge in [-0.25, -0.2) is 4.79 Å². The van der Waals surface area contributed by atoms with Gasteiger partial charge in [-0.2, -0.15) is 0 Å². The van der Waals surface area contributed by atoms with E-state index in [1.807, 2.05) is 32.0 Å². The molecular weight excluding hydrogens is 188 g/mol. The normalized spacial score (nSPS) is 10.5. The first-order chi connectivity index (χ1) is 7.09. The van der Waals surface area contributed by atoms with Gasteiger partial charge in [0.2, 0.25) is 0 Å². The van der Waals surface area contributed by atoms with E-state index >= 15 is 0 Å². The molecular formula is C13H12O2. The number of fused-ring (bicyclic) bond motifs is 1. The van der Waals surface area contributed by atoms with Gasteiger partial charge in [0, 0.05) is 0 Å². The highest BCUT2D eigenvalue weighted by molar-refractivity contribution is 5.89. The number of carboxylic acid groups (broad SMARTS) is 1. The van der Waals surface area contributed by atoms with E-state index < -0.39 is 5.97 Å². The SMILES string of the molecule is Cc1cc(C(=O)O)cc(C)c2cccc1-2. The molecule has 15 heavy (non-hydrogen) atoms. The Morgan fingerprint density at radius 2 is 1.53 bits per heavy atom. The summed E-state index contributed by atoms with van der Waals surface area (Å²) in [6.45, 7) is 3.88. The maximum absolute atomic E-state index is 10.9. The molecule has 76 valence electrons. The minimum atomic E-state index is -0.876. The van der Waals surface area contributed by atoms with Crippen molar-refractivity contribution in [2.24, 2.45) is 0 Å². The van der Waals surface area contributed by atoms with E-state index in [-0.39, 0.29) is 0 Å². The molecule has 2 aliphatic carbocycles. The van der Waals surface area contributed by atoms with Crippen molar-refractivity contribution in [3.8, 4) is 11.1 Å². The van der Waals surface area contributed by atoms with Gasteiger partial charge in [-0.05, 0) is 48.2 Å². The van der Waals surface area contributed by atoms with E-state index in [0.29, 0.717) is 5.56 Å². The van der Waals surface area contributed by atoms with Crippen LogP contribution in [0.2, 0.25) is 0 Å². The van der Waals surface area contributed by atoms with Crippen molar-refractivity contribution >= 4 is 5.97 Å². The molecule has 0 spiro atoms. The molecule has 2 nitrogen and oxygen atoms in total. The molecule has 0 saturated heterocycles. The van der Waals surface area contributed by atoms with Gasteiger partial charge in [0.05, 0.1) is 5.56 Å². The predicted molar refractivity (Wildman–Crippen MR) is 59.5 cm³/mol. The quantitative estimate of drug-likeness (QED) is 0.768. The number of hydrogen-bond donors (Lipinski definition) is 1. The fourth-order valence-corrected chi connectivity index (χ4v) is 1.90. The molecule has 0 unspecified atom stereocenters. The molecule has 2 aliphatic rings. The molecule has 0 aliphatic heterocycles. The predicted octanol–water partition coefficient (Wildman–Crippen LogP) is 3.11. The van der Waals surface area contributed by atoms with Crippen LogP contribution in [0, 0.1) is 13.8 Å². The molecule has 2 heteroatoms. The van der Waals surface area contributed by atoms with Crippen molar-refractivity contribution in [1.82, 2.24) is 0 Å². The summed E-state index contributed by atoms with van der Waals surface area (Å²) in [6.07, 6.45) is 0. The molecule has 0 amide bonds. The lowest BCUT2D eigenvalue weighted by Crippen LogP contribution is -1.94. The van der Waals surface area contributed by atoms with Crippen LogP contribution in [0.25, 0.3) is 11.1 Å². The number of carbonyl (C=O) groups is 1. The Bertz CT molecular complexity index is 464. The summed E-state index contributed by atoms with van der Waals surface area (Å²) < 4.78 is 0. The Morgan fingerprint density at radius 1 is 1.07 bits per heavy atom. The van der Waals surface area contributed by atoms with E-state index in [4.69, 9.17) is 5.11 Å². The Balaban J connectivity index is 2.80. The lowest BCUT2D eigenvalue weighted by Gasteiger charge is -1.98. The maximum Gasteiger partial charge on any atom is 0.335 e. The third-order valence-electron chi connectivity index (χ3n) is 2.66. The average Bonchev–Trinajstić information content (AvgIpc) is 2.60. The van der Waals surface area contributed by atoms with Crippen molar-refractivity contribution in [1.29, 1.82) is 0 Å². The van der Waals surface area contributed by atoms with Crippen LogP contribution in [0.1, 0.15) is 21.5 Å². The lowest BCUT2D eigenvalue weighted by atomic mass is 10.1. The van der Waals surface area contributed by atoms with Crippen molar-refractivity contribution in [3.05, 3.63) is 47.0 Å². The average molecular weight is 200 g/mol. The summed E-state index contributed by atoms with van der Waals surface area (Å²) in [4.78, 5) is 10.9. The van der Waals surface area contributed by atoms with Crippen molar-refractivity contribution in [2.45, 2.75) is 13.8 Å². The van der Waals surface area contributed by atoms with Crippen LogP contribution in [0.3, 0.4) is 0 Å². The van der Waals surface area contributed by atoms with Crippen LogP contribution in [0.4, 0.5) is 0 Å². The number of hydrogen-bond acceptors (Lipinski definition) is 1. The summed E-state index contributed by atoms with van der Waals surface area (Å²) in [7, 11) is 0. The zero-order valence-electron chi connectivity index (χ0n) is 8.74. The molecule has 0 heterocycles. The first-order valence-electron chi connectivity index (χ1n) is 4.83. The Hall–Kier alpha value is -1.83. The van der Waals surface area contributed by atoms with E-state index in [2.05, 4.69) is 0 Å². The molecule has 0 bridgehead atoms. The molecule has 0 atom stereocenters. The summed E-state index contributed by atoms with van der Waals surface area (Å²) in [5.74, 6) is -0.876. The minimum absolute atomic E-state index is 0.348. The van der Waals surface area contributed by atoms with Gasteiger partial charge in [-0.15, -0.1) is 0 Å². The Labute approximate surface area is 88.5 Å². The number of aryl methyl sites for hydroxylation is 2. The first-order valence-corrected chi connectivity index (χ1v) is 4.83. The van der Waals surface area contributed by atoms with Crippen LogP contribution in [-0.4, -0.2) is 11.1 Å². The molecule has 1 N–H and O–H groups in total. The Kier molecular flexibility index (Phi) is 2.19. The summed E-state index contributed by atoms with van der Waals surface area (Å²) >= 11 is 0. The highest BCUT2D eigenvalue weighted by Crippen LogP contribution is 2.29. The van der Waals surface area contributed by atoms with Crippen molar-refractivity contribution in [2.75, 3.05) is 0 Å². The van der Waals surface area contributed by atoms with Crippen LogP contribution < -0.4 is 0 Å². The highest BCUT2D eigenvalue weighted by atomic mass is 16.4. The smallest absolute Gasteiger partial charge is 0.335 e. The van der Waals surface area contributed by atoms with Gasteiger partial charge in [0.1, 0.15) is 0 Å². The van der Waals surface area contributed by atoms with Gasteiger partial charge in [0.15, 0.2) is 0 Å². The lowest BCUT2D eigenvalue weighted by molar-refractivity contribution is 0.0697. The van der Waals surface area contributed by atoms with Crippen LogP contribution in [-0.2, 0) is 0 Å². The van der Waals surface area contributed by atoms with Gasteiger partial charge in [0.25, 0.3) is 0 Å². The molecule has 2 rings (SSSR count). The van der Waals surface area contributed by atoms with Gasteiger partial charge in [-0.1, -0.05) is 18.2 Å². The molecule has 0 radical (unpaired) electrons. The second-order valence-electron chi connectivity index (χ2n) is 3.77. The molecule has 0 saturated carbocycles. The largest absolute Gasteiger partial charge is 0.478 e. The second kappa shape index (κ2) is 3.39. The third-order valence-corrected chi connectivity index (χ3v) is 2.66. The summed E-state index contributed by atoms with van der Waals surface area (Å²) in [5.41, 5.74) is 4.60. The van der Waals surface area contributed by atoms with Gasteiger partial charge >= 0.3 is 5.97 Å². The topological polar surface area (TPSA) is 37.3 Å². The van der Waals surface area contributed by atoms with Crippen LogP contribution in [0.15, 0.2) is 30.3 Å². The fourth-order valence-electron chi connectivity index (χ4n) is 1.90. The highest BCUT2D eigenvalue weighted by Gasteiger charge is 2.10. The molecule has 0 aromatic rings. The molecule has 0 aromatic carbocycles. The first kappa shape index (κ1) is 9.71. The van der Waals surface area contributed by atoms with Crippen LogP contribution in [0.5, 0.6) is 0 Å². The number of rotatable bonds is 1. The zero-order chi connectivity index (χ0) is 11.0. The van der Waals surface area contributed by atoms with Gasteiger partial charge in [-0.3, -0.25) is 0 Å². The minimum Gasteiger partial charge on any atom is -0.478 e. The summed E-state index contributed by atoms with van der Waals surface area (Å²) in [6, 6.07) is 9.47. The maximum atomic E-state index is 10.9. The molecule has 0 fully saturated rings. The van der Waals surface area contributed by atoms with E-state index in [0.717, 1.165) is 22.3 Å². The van der Waals surface area contributed by atoms with Crippen molar-refractivity contribution in [3.63, 3.8) is 0 Å².